The van der Waals surface area contributed by atoms with Crippen LogP contribution in [-0.2, 0) is 11.3 Å². The second kappa shape index (κ2) is 7.30. The van der Waals surface area contributed by atoms with E-state index >= 15 is 0 Å². The van der Waals surface area contributed by atoms with E-state index in [0.29, 0.717) is 15.6 Å². The molecule has 0 amide bonds. The van der Waals surface area contributed by atoms with Crippen LogP contribution in [0.15, 0.2) is 48.5 Å². The van der Waals surface area contributed by atoms with E-state index in [0.717, 1.165) is 22.6 Å². The van der Waals surface area contributed by atoms with Crippen molar-refractivity contribution in [1.82, 2.24) is 9.78 Å². The lowest BCUT2D eigenvalue weighted by atomic mass is 10.2. The molecule has 2 aromatic carbocycles. The van der Waals surface area contributed by atoms with E-state index in [9.17, 15) is 4.79 Å². The molecule has 25 heavy (non-hydrogen) atoms. The van der Waals surface area contributed by atoms with Crippen LogP contribution >= 0.6 is 23.2 Å². The van der Waals surface area contributed by atoms with Crippen LogP contribution < -0.4 is 0 Å². The number of carbonyl (C=O) groups excluding carboxylic acids is 1. The predicted molar refractivity (Wildman–Crippen MR) is 98.6 cm³/mol. The first kappa shape index (κ1) is 17.5. The van der Waals surface area contributed by atoms with Gasteiger partial charge < -0.3 is 4.74 Å². The third-order valence-electron chi connectivity index (χ3n) is 3.81. The fraction of sp³-hybridized carbons (Fsp3) is 0.158. The maximum Gasteiger partial charge on any atom is 0.338 e. The Balaban J connectivity index is 1.77. The van der Waals surface area contributed by atoms with Crippen molar-refractivity contribution in [3.63, 3.8) is 0 Å². The van der Waals surface area contributed by atoms with E-state index in [1.807, 2.05) is 32.0 Å². The SMILES string of the molecule is Cc1nn(-c2cccc(C(=O)OCc3ccc(Cl)cc3)c2)c(C)c1Cl. The Morgan fingerprint density at radius 3 is 2.48 bits per heavy atom. The highest BCUT2D eigenvalue weighted by Gasteiger charge is 2.13. The maximum absolute atomic E-state index is 12.3. The maximum atomic E-state index is 12.3. The number of hydrogen-bond acceptors (Lipinski definition) is 3. The molecule has 0 saturated carbocycles. The van der Waals surface area contributed by atoms with Crippen LogP contribution in [0, 0.1) is 13.8 Å². The molecule has 0 unspecified atom stereocenters. The highest BCUT2D eigenvalue weighted by atomic mass is 35.5. The number of aromatic nitrogens is 2. The molecule has 0 aliphatic heterocycles. The number of esters is 1. The lowest BCUT2D eigenvalue weighted by molar-refractivity contribution is 0.0472. The number of ether oxygens (including phenoxy) is 1. The van der Waals surface area contributed by atoms with Crippen LogP contribution in [0.2, 0.25) is 10.0 Å². The zero-order chi connectivity index (χ0) is 18.0. The summed E-state index contributed by atoms with van der Waals surface area (Å²) in [6, 6.07) is 14.3. The third kappa shape index (κ3) is 3.86. The molecular formula is C19H16Cl2N2O2. The van der Waals surface area contributed by atoms with Crippen molar-refractivity contribution in [2.45, 2.75) is 20.5 Å². The molecule has 3 aromatic rings. The van der Waals surface area contributed by atoms with Gasteiger partial charge in [-0.3, -0.25) is 0 Å². The van der Waals surface area contributed by atoms with E-state index in [2.05, 4.69) is 5.10 Å². The zero-order valence-electron chi connectivity index (χ0n) is 13.8. The lowest BCUT2D eigenvalue weighted by Gasteiger charge is -2.08. The van der Waals surface area contributed by atoms with Gasteiger partial charge in [-0.1, -0.05) is 41.4 Å². The van der Waals surface area contributed by atoms with Crippen LogP contribution in [0.4, 0.5) is 0 Å². The molecule has 1 heterocycles. The first-order valence-corrected chi connectivity index (χ1v) is 8.45. The summed E-state index contributed by atoms with van der Waals surface area (Å²) >= 11 is 12.0. The van der Waals surface area contributed by atoms with E-state index in [1.165, 1.54) is 0 Å². The Morgan fingerprint density at radius 1 is 1.12 bits per heavy atom. The average Bonchev–Trinajstić information content (AvgIpc) is 2.88. The van der Waals surface area contributed by atoms with Gasteiger partial charge in [0.05, 0.1) is 27.7 Å². The van der Waals surface area contributed by atoms with E-state index in [4.69, 9.17) is 27.9 Å². The van der Waals surface area contributed by atoms with Gasteiger partial charge in [-0.05, 0) is 49.7 Å². The van der Waals surface area contributed by atoms with Crippen LogP contribution in [0.1, 0.15) is 27.3 Å². The van der Waals surface area contributed by atoms with E-state index in [1.54, 1.807) is 35.0 Å². The van der Waals surface area contributed by atoms with Crippen molar-refractivity contribution in [3.05, 3.63) is 81.1 Å². The molecule has 0 N–H and O–H groups in total. The second-order valence-electron chi connectivity index (χ2n) is 5.65. The van der Waals surface area contributed by atoms with Crippen LogP contribution in [0.25, 0.3) is 5.69 Å². The molecule has 0 spiro atoms. The van der Waals surface area contributed by atoms with Gasteiger partial charge in [0.25, 0.3) is 0 Å². The van der Waals surface area contributed by atoms with Crippen molar-refractivity contribution in [1.29, 1.82) is 0 Å². The number of benzene rings is 2. The Kier molecular flexibility index (Phi) is 5.11. The van der Waals surface area contributed by atoms with Crippen LogP contribution in [0.5, 0.6) is 0 Å². The monoisotopic (exact) mass is 374 g/mol. The molecule has 0 aliphatic carbocycles. The zero-order valence-corrected chi connectivity index (χ0v) is 15.3. The molecular weight excluding hydrogens is 359 g/mol. The smallest absolute Gasteiger partial charge is 0.338 e. The number of carbonyl (C=O) groups is 1. The average molecular weight is 375 g/mol. The summed E-state index contributed by atoms with van der Waals surface area (Å²) in [5, 5.41) is 5.67. The quantitative estimate of drug-likeness (QED) is 0.592. The first-order valence-electron chi connectivity index (χ1n) is 7.69. The summed E-state index contributed by atoms with van der Waals surface area (Å²) in [6.45, 7) is 3.91. The van der Waals surface area contributed by atoms with Gasteiger partial charge in [0.15, 0.2) is 0 Å². The van der Waals surface area contributed by atoms with E-state index < -0.39 is 5.97 Å². The van der Waals surface area contributed by atoms with E-state index in [-0.39, 0.29) is 6.61 Å². The fourth-order valence-corrected chi connectivity index (χ4v) is 2.70. The van der Waals surface area contributed by atoms with Crippen molar-refractivity contribution >= 4 is 29.2 Å². The summed E-state index contributed by atoms with van der Waals surface area (Å²) in [5.41, 5.74) is 3.66. The molecule has 0 atom stereocenters. The number of aryl methyl sites for hydroxylation is 1. The number of nitrogens with zero attached hydrogens (tertiary/aromatic N) is 2. The van der Waals surface area contributed by atoms with Gasteiger partial charge >= 0.3 is 5.97 Å². The predicted octanol–water partition coefficient (Wildman–Crippen LogP) is 5.15. The van der Waals surface area contributed by atoms with Gasteiger partial charge in [0.1, 0.15) is 6.61 Å². The Bertz CT molecular complexity index is 918. The Labute approximate surface area is 155 Å². The van der Waals surface area contributed by atoms with Gasteiger partial charge in [0, 0.05) is 5.02 Å². The lowest BCUT2D eigenvalue weighted by Crippen LogP contribution is -2.07. The van der Waals surface area contributed by atoms with Gasteiger partial charge in [0.2, 0.25) is 0 Å². The van der Waals surface area contributed by atoms with Gasteiger partial charge in [-0.15, -0.1) is 0 Å². The molecule has 6 heteroatoms. The Morgan fingerprint density at radius 2 is 1.84 bits per heavy atom. The van der Waals surface area contributed by atoms with Crippen molar-refractivity contribution in [2.75, 3.05) is 0 Å². The molecule has 4 nitrogen and oxygen atoms in total. The summed E-state index contributed by atoms with van der Waals surface area (Å²) in [4.78, 5) is 12.3. The van der Waals surface area contributed by atoms with Crippen molar-refractivity contribution in [3.8, 4) is 5.69 Å². The number of rotatable bonds is 4. The summed E-state index contributed by atoms with van der Waals surface area (Å²) in [7, 11) is 0. The van der Waals surface area contributed by atoms with Crippen molar-refractivity contribution < 1.29 is 9.53 Å². The normalized spacial score (nSPS) is 10.7. The van der Waals surface area contributed by atoms with Gasteiger partial charge in [-0.25, -0.2) is 9.48 Å². The van der Waals surface area contributed by atoms with Crippen LogP contribution in [0.3, 0.4) is 0 Å². The minimum atomic E-state index is -0.399. The van der Waals surface area contributed by atoms with Crippen LogP contribution in [-0.4, -0.2) is 15.7 Å². The standard InChI is InChI=1S/C19H16Cl2N2O2/c1-12-18(21)13(2)23(22-12)17-5-3-4-15(10-17)19(24)25-11-14-6-8-16(20)9-7-14/h3-10H,11H2,1-2H3. The highest BCUT2D eigenvalue weighted by Crippen LogP contribution is 2.23. The molecule has 0 fully saturated rings. The summed E-state index contributed by atoms with van der Waals surface area (Å²) < 4.78 is 7.08. The molecule has 0 saturated heterocycles. The molecule has 3 rings (SSSR count). The van der Waals surface area contributed by atoms with Gasteiger partial charge in [-0.2, -0.15) is 5.10 Å². The molecule has 128 valence electrons. The number of halogens is 2. The fourth-order valence-electron chi connectivity index (χ4n) is 2.45. The number of hydrogen-bond donors (Lipinski definition) is 0. The topological polar surface area (TPSA) is 44.1 Å². The molecule has 0 bridgehead atoms. The molecule has 0 aliphatic rings. The molecule has 1 aromatic heterocycles. The highest BCUT2D eigenvalue weighted by molar-refractivity contribution is 6.31. The first-order chi connectivity index (χ1) is 12.0. The largest absolute Gasteiger partial charge is 0.457 e. The second-order valence-corrected chi connectivity index (χ2v) is 6.46. The van der Waals surface area contributed by atoms with Crippen molar-refractivity contribution in [2.24, 2.45) is 0 Å². The minimum Gasteiger partial charge on any atom is -0.457 e. The third-order valence-corrected chi connectivity index (χ3v) is 4.61. The molecule has 0 radical (unpaired) electrons. The minimum absolute atomic E-state index is 0.186. The summed E-state index contributed by atoms with van der Waals surface area (Å²) in [5.74, 6) is -0.399. The Hall–Kier alpha value is -2.30. The summed E-state index contributed by atoms with van der Waals surface area (Å²) in [6.07, 6.45) is 0.